The second-order valence-corrected chi connectivity index (χ2v) is 11.4. The average molecular weight is 586 g/mol. The molecule has 0 unspecified atom stereocenters. The van der Waals surface area contributed by atoms with Crippen molar-refractivity contribution >= 4 is 15.6 Å². The van der Waals surface area contributed by atoms with Crippen molar-refractivity contribution in [1.29, 1.82) is 0 Å². The topological polar surface area (TPSA) is 17.6 Å². The number of hydrogen-bond donors (Lipinski definition) is 0. The summed E-state index contributed by atoms with van der Waals surface area (Å²) in [5.74, 6) is 0. The van der Waals surface area contributed by atoms with E-state index in [1.807, 2.05) is 0 Å². The molecule has 1 aromatic carbocycles. The van der Waals surface area contributed by atoms with Gasteiger partial charge in [-0.2, -0.15) is 0 Å². The summed E-state index contributed by atoms with van der Waals surface area (Å²) in [5.41, 5.74) is 2.66. The van der Waals surface area contributed by atoms with E-state index in [4.69, 9.17) is 0 Å². The van der Waals surface area contributed by atoms with Gasteiger partial charge in [0, 0.05) is 0 Å². The predicted octanol–water partition coefficient (Wildman–Crippen LogP) is 8.77. The van der Waals surface area contributed by atoms with Gasteiger partial charge in [0.15, 0.2) is 0 Å². The van der Waals surface area contributed by atoms with Gasteiger partial charge in [0.1, 0.15) is 37.9 Å². The molecule has 3 aromatic rings. The first-order valence-electron chi connectivity index (χ1n) is 9.97. The van der Waals surface area contributed by atoms with Gasteiger partial charge < -0.3 is 0 Å². The first-order chi connectivity index (χ1) is 15.7. The van der Waals surface area contributed by atoms with Crippen molar-refractivity contribution in [2.45, 2.75) is 40.0 Å². The van der Waals surface area contributed by atoms with Crippen LogP contribution in [0.3, 0.4) is 0 Å². The quantitative estimate of drug-likeness (QED) is 0.156. The normalized spacial score (nSPS) is 15.7. The van der Waals surface area contributed by atoms with Gasteiger partial charge >= 0.3 is 66.0 Å². The van der Waals surface area contributed by atoms with E-state index in [2.05, 4.69) is 93.8 Å². The van der Waals surface area contributed by atoms with Crippen LogP contribution in [-0.2, 0) is 26.2 Å². The molecule has 0 bridgehead atoms. The number of rotatable bonds is 6. The molecule has 0 amide bonds. The van der Waals surface area contributed by atoms with E-state index >= 15 is 0 Å². The fraction of sp³-hybridized carbons (Fsp3) is 0.333. The van der Waals surface area contributed by atoms with Crippen molar-refractivity contribution in [1.82, 2.24) is 9.13 Å². The molecule has 0 radical (unpaired) electrons. The van der Waals surface area contributed by atoms with E-state index in [1.165, 1.54) is 11.1 Å². The fourth-order valence-electron chi connectivity index (χ4n) is 2.61. The van der Waals surface area contributed by atoms with Gasteiger partial charge in [0.05, 0.1) is 13.1 Å². The second-order valence-electron chi connectivity index (χ2n) is 7.57. The van der Waals surface area contributed by atoms with Crippen LogP contribution in [0.2, 0.25) is 0 Å². The summed E-state index contributed by atoms with van der Waals surface area (Å²) in [7, 11) is -21.3. The van der Waals surface area contributed by atoms with Gasteiger partial charge in [0.25, 0.3) is 0 Å². The molecule has 36 heavy (non-hydrogen) atoms. The molecule has 0 saturated carbocycles. The Morgan fingerprint density at radius 2 is 0.806 bits per heavy atom. The summed E-state index contributed by atoms with van der Waals surface area (Å²) < 4.78 is 127. The molecule has 0 aliphatic heterocycles. The number of aryl methyl sites for hydroxylation is 2. The Bertz CT molecular complexity index is 1020. The van der Waals surface area contributed by atoms with E-state index in [0.717, 1.165) is 26.2 Å². The van der Waals surface area contributed by atoms with Crippen molar-refractivity contribution < 1.29 is 59.5 Å². The summed E-state index contributed by atoms with van der Waals surface area (Å²) in [5, 5.41) is 0. The number of imidazole rings is 2. The Labute approximate surface area is 197 Å². The fourth-order valence-corrected chi connectivity index (χ4v) is 2.61. The monoisotopic (exact) mass is 586 g/mol. The SMILES string of the molecule is CCn1cc[n+](Cc2ccc(C[n+]3ccn(CC)c3)cc2)c1.F[P-](F)(F)(F)(F)F.F[P-](F)(F)(F)(F)F. The van der Waals surface area contributed by atoms with Crippen LogP contribution in [0.5, 0.6) is 0 Å². The molecule has 0 spiro atoms. The minimum atomic E-state index is -10.7. The Morgan fingerprint density at radius 1 is 0.556 bits per heavy atom. The molecule has 2 heterocycles. The van der Waals surface area contributed by atoms with Gasteiger partial charge in [-0.3, -0.25) is 0 Å². The molecule has 2 aromatic heterocycles. The summed E-state index contributed by atoms with van der Waals surface area (Å²) in [4.78, 5) is 0. The minimum absolute atomic E-state index is 0.923. The van der Waals surface area contributed by atoms with Crippen molar-refractivity contribution in [2.75, 3.05) is 0 Å². The molecule has 4 nitrogen and oxygen atoms in total. The van der Waals surface area contributed by atoms with E-state index in [0.29, 0.717) is 0 Å². The number of hydrogen-bond acceptors (Lipinski definition) is 0. The first kappa shape index (κ1) is 31.7. The Kier molecular flexibility index (Phi) is 8.10. The maximum absolute atomic E-state index is 10.7. The molecular formula is C18H24F12N4P2. The average Bonchev–Trinajstić information content (AvgIpc) is 3.27. The molecule has 0 N–H and O–H groups in total. The summed E-state index contributed by atoms with van der Waals surface area (Å²) in [6, 6.07) is 8.90. The summed E-state index contributed by atoms with van der Waals surface area (Å²) >= 11 is 0. The van der Waals surface area contributed by atoms with Crippen LogP contribution >= 0.6 is 15.6 Å². The second kappa shape index (κ2) is 9.20. The third-order valence-corrected chi connectivity index (χ3v) is 3.98. The summed E-state index contributed by atoms with van der Waals surface area (Å²) in [6.07, 6.45) is 12.8. The van der Waals surface area contributed by atoms with Crippen LogP contribution in [0, 0.1) is 0 Å². The molecule has 0 saturated heterocycles. The molecule has 210 valence electrons. The zero-order valence-corrected chi connectivity index (χ0v) is 20.6. The standard InChI is InChI=1S/C18H24N4.2F6P/c1-3-19-9-11-21(15-19)13-17-5-7-18(8-6-17)14-22-12-10-20(4-2)16-22;2*1-7(2,3,4,5)6/h5-12,15-16H,3-4,13-14H2,1-2H3;;/q+2;2*-1. The van der Waals surface area contributed by atoms with E-state index < -0.39 is 15.6 Å². The molecule has 0 atom stereocenters. The van der Waals surface area contributed by atoms with Crippen LogP contribution < -0.4 is 9.13 Å². The number of halogens is 12. The van der Waals surface area contributed by atoms with Gasteiger partial charge in [-0.1, -0.05) is 24.3 Å². The molecule has 0 aliphatic carbocycles. The predicted molar refractivity (Wildman–Crippen MR) is 112 cm³/mol. The van der Waals surface area contributed by atoms with Gasteiger partial charge in [-0.25, -0.2) is 18.3 Å². The van der Waals surface area contributed by atoms with Crippen LogP contribution in [0.25, 0.3) is 0 Å². The van der Waals surface area contributed by atoms with Gasteiger partial charge in [0.2, 0.25) is 12.7 Å². The van der Waals surface area contributed by atoms with Crippen LogP contribution in [0.1, 0.15) is 25.0 Å². The molecule has 3 rings (SSSR count). The van der Waals surface area contributed by atoms with E-state index in [1.54, 1.807) is 0 Å². The summed E-state index contributed by atoms with van der Waals surface area (Å²) in [6.45, 7) is 8.19. The Morgan fingerprint density at radius 3 is 1.00 bits per heavy atom. The van der Waals surface area contributed by atoms with Gasteiger partial charge in [-0.05, 0) is 25.0 Å². The maximum atomic E-state index is 9.87. The zero-order valence-electron chi connectivity index (χ0n) is 18.8. The van der Waals surface area contributed by atoms with Crippen LogP contribution in [-0.4, -0.2) is 9.13 Å². The van der Waals surface area contributed by atoms with Gasteiger partial charge in [-0.15, -0.1) is 0 Å². The number of aromatic nitrogens is 4. The van der Waals surface area contributed by atoms with Crippen molar-refractivity contribution in [3.8, 4) is 0 Å². The first-order valence-corrected chi connectivity index (χ1v) is 14.0. The van der Waals surface area contributed by atoms with Crippen molar-refractivity contribution in [3.63, 3.8) is 0 Å². The van der Waals surface area contributed by atoms with Crippen LogP contribution in [0.4, 0.5) is 50.4 Å². The van der Waals surface area contributed by atoms with E-state index in [9.17, 15) is 50.4 Å². The molecule has 18 heteroatoms. The van der Waals surface area contributed by atoms with Crippen molar-refractivity contribution in [2.24, 2.45) is 0 Å². The number of benzene rings is 1. The number of nitrogens with zero attached hydrogens (tertiary/aromatic N) is 4. The van der Waals surface area contributed by atoms with E-state index in [-0.39, 0.29) is 0 Å². The third-order valence-electron chi connectivity index (χ3n) is 3.98. The van der Waals surface area contributed by atoms with Crippen molar-refractivity contribution in [3.05, 3.63) is 72.8 Å². The Balaban J connectivity index is 0.000000383. The molecule has 0 aliphatic rings. The Hall–Kier alpha value is -2.34. The molecular weight excluding hydrogens is 562 g/mol. The third kappa shape index (κ3) is 21.0. The van der Waals surface area contributed by atoms with Crippen LogP contribution in [0.15, 0.2) is 61.7 Å². The molecule has 0 fully saturated rings. The zero-order chi connectivity index (χ0) is 28.2.